The van der Waals surface area contributed by atoms with Crippen molar-refractivity contribution in [2.24, 2.45) is 0 Å². The lowest BCUT2D eigenvalue weighted by Gasteiger charge is -2.19. The molecule has 11 heteroatoms. The number of rotatable bonds is 11. The van der Waals surface area contributed by atoms with Crippen molar-refractivity contribution in [1.29, 1.82) is 0 Å². The third-order valence-electron chi connectivity index (χ3n) is 7.33. The van der Waals surface area contributed by atoms with E-state index < -0.39 is 11.7 Å². The summed E-state index contributed by atoms with van der Waals surface area (Å²) in [5, 5.41) is 9.34. The first-order valence-electron chi connectivity index (χ1n) is 15.5. The van der Waals surface area contributed by atoms with E-state index >= 15 is 0 Å². The lowest BCUT2D eigenvalue weighted by Crippen LogP contribution is -2.27. The molecule has 0 saturated heterocycles. The molecule has 0 aliphatic heterocycles. The van der Waals surface area contributed by atoms with Crippen LogP contribution < -0.4 is 24.5 Å². The van der Waals surface area contributed by atoms with Crippen molar-refractivity contribution in [3.63, 3.8) is 0 Å². The average Bonchev–Trinajstić information content (AvgIpc) is 3.51. The molecule has 0 atom stereocenters. The number of benzene rings is 4. The lowest BCUT2D eigenvalue weighted by molar-refractivity contribution is -0.349. The van der Waals surface area contributed by atoms with Crippen molar-refractivity contribution >= 4 is 39.4 Å². The van der Waals surface area contributed by atoms with Crippen LogP contribution >= 0.6 is 0 Å². The first kappa shape index (κ1) is 32.3. The molecule has 0 aliphatic carbocycles. The predicted octanol–water partition coefficient (Wildman–Crippen LogP) is 7.21. The molecule has 0 amide bonds. The molecule has 11 nitrogen and oxygen atoms in total. The van der Waals surface area contributed by atoms with Crippen molar-refractivity contribution in [3.05, 3.63) is 96.7 Å². The molecular weight excluding hydrogens is 610 g/mol. The number of carbonyl (C=O) groups is 1. The molecule has 6 rings (SSSR count). The highest BCUT2D eigenvalue weighted by atomic mass is 16.6. The Morgan fingerprint density at radius 3 is 2.50 bits per heavy atom. The van der Waals surface area contributed by atoms with E-state index in [4.69, 9.17) is 28.7 Å². The number of aromatic amines is 1. The minimum atomic E-state index is -0.644. The van der Waals surface area contributed by atoms with Crippen LogP contribution in [0.3, 0.4) is 0 Å². The molecule has 0 unspecified atom stereocenters. The minimum Gasteiger partial charge on any atom is -0.493 e. The maximum absolute atomic E-state index is 12.8. The SMILES string of the molecule is COCCOc1cc2c(Nc3ccc4c(cnn4C(=O)OC(C)(C)C)c3)[nH+]c(-c3cccc(OCc4ccccc4)c3)nc2cc1OC. The highest BCUT2D eigenvalue weighted by Crippen LogP contribution is 2.36. The first-order chi connectivity index (χ1) is 23.2. The van der Waals surface area contributed by atoms with Gasteiger partial charge in [-0.1, -0.05) is 36.4 Å². The summed E-state index contributed by atoms with van der Waals surface area (Å²) in [6.45, 7) is 6.68. The highest BCUT2D eigenvalue weighted by Gasteiger charge is 2.22. The maximum Gasteiger partial charge on any atom is 0.435 e. The molecule has 6 aromatic rings. The zero-order valence-corrected chi connectivity index (χ0v) is 27.6. The number of hydrogen-bond acceptors (Lipinski definition) is 9. The summed E-state index contributed by atoms with van der Waals surface area (Å²) in [6, 6.07) is 27.2. The molecular formula is C37H38N5O6+. The van der Waals surface area contributed by atoms with Gasteiger partial charge in [-0.3, -0.25) is 5.32 Å². The van der Waals surface area contributed by atoms with Gasteiger partial charge in [-0.05, 0) is 62.7 Å². The van der Waals surface area contributed by atoms with Gasteiger partial charge in [0.2, 0.25) is 5.82 Å². The fourth-order valence-electron chi connectivity index (χ4n) is 5.10. The number of carbonyl (C=O) groups excluding carboxylic acids is 1. The summed E-state index contributed by atoms with van der Waals surface area (Å²) in [5.74, 6) is 3.10. The van der Waals surface area contributed by atoms with Crippen LogP contribution in [0.2, 0.25) is 0 Å². The Kier molecular flexibility index (Phi) is 9.40. The van der Waals surface area contributed by atoms with Gasteiger partial charge in [-0.25, -0.2) is 9.78 Å². The van der Waals surface area contributed by atoms with Crippen LogP contribution in [0.4, 0.5) is 16.3 Å². The standard InChI is InChI=1S/C37H37N5O6/c1-37(2,3)48-36(43)42-31-15-14-27(18-26(31)22-38-42)39-35-29-20-33(46-17-16-44-4)32(45-5)21-30(29)40-34(41-35)25-12-9-13-28(19-25)47-23-24-10-7-6-8-11-24/h6-15,18-22H,16-17,23H2,1-5H3,(H,39,40,41)/p+1. The summed E-state index contributed by atoms with van der Waals surface area (Å²) < 4.78 is 29.8. The number of ether oxygens (including phenoxy) is 5. The van der Waals surface area contributed by atoms with Gasteiger partial charge in [0.25, 0.3) is 5.82 Å². The molecule has 4 aromatic carbocycles. The van der Waals surface area contributed by atoms with Gasteiger partial charge in [0.05, 0.1) is 42.1 Å². The smallest absolute Gasteiger partial charge is 0.435 e. The van der Waals surface area contributed by atoms with Crippen molar-refractivity contribution in [2.75, 3.05) is 32.8 Å². The number of nitrogens with zero attached hydrogens (tertiary/aromatic N) is 3. The van der Waals surface area contributed by atoms with Crippen LogP contribution in [0, 0.1) is 0 Å². The number of hydrogen-bond donors (Lipinski definition) is 1. The summed E-state index contributed by atoms with van der Waals surface area (Å²) in [5.41, 5.74) is 3.34. The second kappa shape index (κ2) is 14.0. The number of H-pyrrole nitrogens is 1. The molecule has 48 heavy (non-hydrogen) atoms. The average molecular weight is 649 g/mol. The zero-order chi connectivity index (χ0) is 33.7. The summed E-state index contributed by atoms with van der Waals surface area (Å²) in [4.78, 5) is 21.2. The Bertz CT molecular complexity index is 2060. The topological polar surface area (TPSA) is 120 Å². The number of methoxy groups -OCH3 is 2. The molecule has 2 heterocycles. The molecule has 0 bridgehead atoms. The minimum absolute atomic E-state index is 0.352. The van der Waals surface area contributed by atoms with Crippen LogP contribution in [-0.2, 0) is 16.1 Å². The summed E-state index contributed by atoms with van der Waals surface area (Å²) in [6.07, 6.45) is 1.10. The van der Waals surface area contributed by atoms with E-state index in [2.05, 4.69) is 15.4 Å². The third-order valence-corrected chi connectivity index (χ3v) is 7.33. The van der Waals surface area contributed by atoms with E-state index in [0.717, 1.165) is 27.6 Å². The number of nitrogens with one attached hydrogen (secondary N) is 2. The van der Waals surface area contributed by atoms with E-state index in [1.807, 2.05) is 106 Å². The van der Waals surface area contributed by atoms with Crippen LogP contribution in [-0.4, -0.2) is 53.9 Å². The molecule has 2 N–H and O–H groups in total. The molecule has 0 fully saturated rings. The van der Waals surface area contributed by atoms with Gasteiger partial charge in [0.15, 0.2) is 17.0 Å². The molecule has 2 aromatic heterocycles. The number of aromatic nitrogens is 4. The Balaban J connectivity index is 1.38. The molecule has 246 valence electrons. The Hall–Kier alpha value is -5.68. The molecule has 0 spiro atoms. The predicted molar refractivity (Wildman–Crippen MR) is 183 cm³/mol. The Morgan fingerprint density at radius 1 is 0.896 bits per heavy atom. The molecule has 0 aliphatic rings. The highest BCUT2D eigenvalue weighted by molar-refractivity contribution is 5.94. The quantitative estimate of drug-likeness (QED) is 0.145. The Labute approximate surface area is 278 Å². The molecule has 0 radical (unpaired) electrons. The van der Waals surface area contributed by atoms with Crippen molar-refractivity contribution in [1.82, 2.24) is 14.8 Å². The maximum atomic E-state index is 12.8. The van der Waals surface area contributed by atoms with Gasteiger partial charge >= 0.3 is 6.09 Å². The van der Waals surface area contributed by atoms with Crippen LogP contribution in [0.1, 0.15) is 26.3 Å². The normalized spacial score (nSPS) is 11.4. The summed E-state index contributed by atoms with van der Waals surface area (Å²) >= 11 is 0. The van der Waals surface area contributed by atoms with Gasteiger partial charge in [0, 0.05) is 24.6 Å². The van der Waals surface area contributed by atoms with Gasteiger partial charge in [0.1, 0.15) is 24.6 Å². The largest absolute Gasteiger partial charge is 0.493 e. The van der Waals surface area contributed by atoms with E-state index in [-0.39, 0.29) is 0 Å². The first-order valence-corrected chi connectivity index (χ1v) is 15.5. The van der Waals surface area contributed by atoms with Crippen molar-refractivity contribution in [3.8, 4) is 28.6 Å². The number of anilines is 2. The van der Waals surface area contributed by atoms with Crippen molar-refractivity contribution < 1.29 is 33.5 Å². The van der Waals surface area contributed by atoms with Crippen LogP contribution in [0.15, 0.2) is 91.1 Å². The Morgan fingerprint density at radius 2 is 1.73 bits per heavy atom. The monoisotopic (exact) mass is 648 g/mol. The van der Waals surface area contributed by atoms with E-state index in [1.54, 1.807) is 20.4 Å². The fraction of sp³-hybridized carbons (Fsp3) is 0.243. The van der Waals surface area contributed by atoms with E-state index in [1.165, 1.54) is 4.68 Å². The summed E-state index contributed by atoms with van der Waals surface area (Å²) in [7, 11) is 3.22. The van der Waals surface area contributed by atoms with Crippen molar-refractivity contribution in [2.45, 2.75) is 33.0 Å². The molecule has 0 saturated carbocycles. The van der Waals surface area contributed by atoms with Crippen LogP contribution in [0.5, 0.6) is 17.2 Å². The number of fused-ring (bicyclic) bond motifs is 2. The van der Waals surface area contributed by atoms with Gasteiger partial charge < -0.3 is 23.7 Å². The fourth-order valence-corrected chi connectivity index (χ4v) is 5.10. The van der Waals surface area contributed by atoms with E-state index in [0.29, 0.717) is 59.7 Å². The zero-order valence-electron chi connectivity index (χ0n) is 27.6. The second-order valence-corrected chi connectivity index (χ2v) is 12.1. The lowest BCUT2D eigenvalue weighted by atomic mass is 10.1. The van der Waals surface area contributed by atoms with Gasteiger partial charge in [-0.15, -0.1) is 4.98 Å². The van der Waals surface area contributed by atoms with Crippen LogP contribution in [0.25, 0.3) is 33.2 Å². The third kappa shape index (κ3) is 7.48. The van der Waals surface area contributed by atoms with E-state index in [9.17, 15) is 4.79 Å². The van der Waals surface area contributed by atoms with Gasteiger partial charge in [-0.2, -0.15) is 9.78 Å². The second-order valence-electron chi connectivity index (χ2n) is 12.1.